The summed E-state index contributed by atoms with van der Waals surface area (Å²) < 4.78 is 12.8. The predicted molar refractivity (Wildman–Crippen MR) is 129 cm³/mol. The molecule has 0 saturated heterocycles. The summed E-state index contributed by atoms with van der Waals surface area (Å²) in [5.41, 5.74) is 3.67. The lowest BCUT2D eigenvalue weighted by atomic mass is 10.1. The molecule has 1 N–H and O–H groups in total. The fourth-order valence-corrected chi connectivity index (χ4v) is 4.59. The second-order valence-electron chi connectivity index (χ2n) is 7.64. The molecule has 0 atom stereocenters. The van der Waals surface area contributed by atoms with Gasteiger partial charge in [-0.1, -0.05) is 30.0 Å². The molecule has 34 heavy (non-hydrogen) atoms. The second-order valence-corrected chi connectivity index (χ2v) is 8.58. The molecule has 0 fully saturated rings. The quantitative estimate of drug-likeness (QED) is 0.381. The minimum absolute atomic E-state index is 0.121. The summed E-state index contributed by atoms with van der Waals surface area (Å²) >= 11 is 1.62. The van der Waals surface area contributed by atoms with Crippen LogP contribution < -0.4 is 14.8 Å². The zero-order chi connectivity index (χ0) is 23.3. The van der Waals surface area contributed by atoms with E-state index in [9.17, 15) is 4.79 Å². The van der Waals surface area contributed by atoms with Gasteiger partial charge < -0.3 is 19.4 Å². The first-order chi connectivity index (χ1) is 16.7. The highest BCUT2D eigenvalue weighted by molar-refractivity contribution is 7.98. The molecule has 1 aliphatic heterocycles. The van der Waals surface area contributed by atoms with Gasteiger partial charge in [-0.05, 0) is 54.4 Å². The summed E-state index contributed by atoms with van der Waals surface area (Å²) in [7, 11) is 0. The topological polar surface area (TPSA) is 91.2 Å². The number of carbonyl (C=O) groups excluding carboxylic acids is 1. The molecule has 2 aromatic heterocycles. The largest absolute Gasteiger partial charge is 0.454 e. The average Bonchev–Trinajstić information content (AvgIpc) is 3.53. The Kier molecular flexibility index (Phi) is 6.44. The normalized spacial score (nSPS) is 12.0. The number of ether oxygens (including phenoxy) is 2. The van der Waals surface area contributed by atoms with Crippen molar-refractivity contribution in [2.24, 2.45) is 0 Å². The van der Waals surface area contributed by atoms with Gasteiger partial charge in [-0.3, -0.25) is 9.78 Å². The number of fused-ring (bicyclic) bond motifs is 1. The van der Waals surface area contributed by atoms with E-state index < -0.39 is 0 Å². The van der Waals surface area contributed by atoms with E-state index in [1.165, 1.54) is 0 Å². The lowest BCUT2D eigenvalue weighted by molar-refractivity contribution is 0.0951. The Morgan fingerprint density at radius 2 is 1.76 bits per heavy atom. The Labute approximate surface area is 201 Å². The van der Waals surface area contributed by atoms with Crippen molar-refractivity contribution in [1.82, 2.24) is 25.1 Å². The van der Waals surface area contributed by atoms with Crippen LogP contribution in [0.2, 0.25) is 0 Å². The molecule has 0 unspecified atom stereocenters. The van der Waals surface area contributed by atoms with Crippen molar-refractivity contribution < 1.29 is 14.3 Å². The molecule has 0 aliphatic carbocycles. The highest BCUT2D eigenvalue weighted by atomic mass is 32.2. The molecule has 5 rings (SSSR count). The first-order valence-corrected chi connectivity index (χ1v) is 11.9. The molecule has 0 saturated carbocycles. The fraction of sp³-hybridized carbons (Fsp3) is 0.200. The van der Waals surface area contributed by atoms with Crippen molar-refractivity contribution in [3.05, 3.63) is 83.7 Å². The van der Waals surface area contributed by atoms with Crippen LogP contribution in [0, 0.1) is 0 Å². The monoisotopic (exact) mass is 473 g/mol. The fourth-order valence-electron chi connectivity index (χ4n) is 3.63. The van der Waals surface area contributed by atoms with Crippen molar-refractivity contribution in [2.75, 3.05) is 6.79 Å². The Bertz CT molecular complexity index is 1290. The van der Waals surface area contributed by atoms with Gasteiger partial charge in [0.2, 0.25) is 6.79 Å². The molecule has 0 bridgehead atoms. The number of pyridine rings is 1. The van der Waals surface area contributed by atoms with Crippen molar-refractivity contribution in [3.63, 3.8) is 0 Å². The highest BCUT2D eigenvalue weighted by Gasteiger charge is 2.15. The van der Waals surface area contributed by atoms with Crippen LogP contribution in [-0.2, 0) is 18.8 Å². The molecule has 1 amide bonds. The molecule has 3 heterocycles. The van der Waals surface area contributed by atoms with Crippen LogP contribution in [0.15, 0.2) is 72.1 Å². The van der Waals surface area contributed by atoms with Gasteiger partial charge in [0.25, 0.3) is 5.91 Å². The van der Waals surface area contributed by atoms with Gasteiger partial charge in [0.1, 0.15) is 0 Å². The number of benzene rings is 2. The van der Waals surface area contributed by atoms with E-state index in [0.717, 1.165) is 45.7 Å². The van der Waals surface area contributed by atoms with Crippen LogP contribution in [0.1, 0.15) is 28.4 Å². The first-order valence-electron chi connectivity index (χ1n) is 10.9. The molecule has 1 aliphatic rings. The summed E-state index contributed by atoms with van der Waals surface area (Å²) in [6.07, 6.45) is 3.51. The molecular weight excluding hydrogens is 450 g/mol. The van der Waals surface area contributed by atoms with Crippen molar-refractivity contribution in [2.45, 2.75) is 30.9 Å². The molecule has 172 valence electrons. The Hall–Kier alpha value is -3.85. The molecule has 8 nitrogen and oxygen atoms in total. The maximum atomic E-state index is 12.6. The minimum atomic E-state index is -0.121. The number of rotatable bonds is 8. The van der Waals surface area contributed by atoms with Crippen molar-refractivity contribution in [1.29, 1.82) is 0 Å². The number of carbonyl (C=O) groups is 1. The van der Waals surface area contributed by atoms with E-state index in [0.29, 0.717) is 17.9 Å². The Balaban J connectivity index is 1.18. The van der Waals surface area contributed by atoms with Crippen LogP contribution in [0.25, 0.3) is 11.4 Å². The van der Waals surface area contributed by atoms with Gasteiger partial charge in [0.05, 0.1) is 0 Å². The maximum Gasteiger partial charge on any atom is 0.251 e. The standard InChI is InChI=1S/C25H23N5O3S/c1-2-30-23(19-9-11-26-12-10-19)28-29-25(30)34-15-17-3-6-20(7-4-17)24(31)27-14-18-5-8-21-22(13-18)33-16-32-21/h3-13H,2,14-16H2,1H3,(H,27,31). The third kappa shape index (κ3) is 4.74. The molecule has 2 aromatic carbocycles. The predicted octanol–water partition coefficient (Wildman–Crippen LogP) is 4.31. The van der Waals surface area contributed by atoms with Gasteiger partial charge in [-0.25, -0.2) is 0 Å². The summed E-state index contributed by atoms with van der Waals surface area (Å²) in [5, 5.41) is 12.6. The van der Waals surface area contributed by atoms with Crippen LogP contribution in [-0.4, -0.2) is 32.4 Å². The van der Waals surface area contributed by atoms with E-state index >= 15 is 0 Å². The van der Waals surface area contributed by atoms with Gasteiger partial charge >= 0.3 is 0 Å². The van der Waals surface area contributed by atoms with Gasteiger partial charge in [0, 0.05) is 42.4 Å². The third-order valence-electron chi connectivity index (χ3n) is 5.45. The second kappa shape index (κ2) is 9.96. The number of amides is 1. The van der Waals surface area contributed by atoms with Crippen LogP contribution in [0.4, 0.5) is 0 Å². The summed E-state index contributed by atoms with van der Waals surface area (Å²) in [4.78, 5) is 16.6. The van der Waals surface area contributed by atoms with Gasteiger partial charge in [0.15, 0.2) is 22.5 Å². The number of thioether (sulfide) groups is 1. The third-order valence-corrected chi connectivity index (χ3v) is 6.48. The molecular formula is C25H23N5O3S. The minimum Gasteiger partial charge on any atom is -0.454 e. The smallest absolute Gasteiger partial charge is 0.251 e. The van der Waals surface area contributed by atoms with Crippen molar-refractivity contribution in [3.8, 4) is 22.9 Å². The van der Waals surface area contributed by atoms with Gasteiger partial charge in [-0.2, -0.15) is 0 Å². The molecule has 4 aromatic rings. The van der Waals surface area contributed by atoms with Gasteiger partial charge in [-0.15, -0.1) is 10.2 Å². The van der Waals surface area contributed by atoms with E-state index in [2.05, 4.69) is 32.0 Å². The van der Waals surface area contributed by atoms with Crippen molar-refractivity contribution >= 4 is 17.7 Å². The van der Waals surface area contributed by atoms with Crippen LogP contribution in [0.3, 0.4) is 0 Å². The summed E-state index contributed by atoms with van der Waals surface area (Å²) in [6.45, 7) is 3.50. The Morgan fingerprint density at radius 3 is 2.56 bits per heavy atom. The Morgan fingerprint density at radius 1 is 1.00 bits per heavy atom. The average molecular weight is 474 g/mol. The lowest BCUT2D eigenvalue weighted by Crippen LogP contribution is -2.22. The van der Waals surface area contributed by atoms with E-state index in [-0.39, 0.29) is 12.7 Å². The number of nitrogens with one attached hydrogen (secondary N) is 1. The summed E-state index contributed by atoms with van der Waals surface area (Å²) in [6, 6.07) is 17.2. The molecule has 0 spiro atoms. The van der Waals surface area contributed by atoms with E-state index in [1.54, 1.807) is 24.2 Å². The first kappa shape index (κ1) is 22.0. The molecule has 9 heteroatoms. The van der Waals surface area contributed by atoms with E-state index in [1.807, 2.05) is 54.6 Å². The number of hydrogen-bond acceptors (Lipinski definition) is 7. The lowest BCUT2D eigenvalue weighted by Gasteiger charge is -2.08. The number of nitrogens with zero attached hydrogens (tertiary/aromatic N) is 4. The van der Waals surface area contributed by atoms with Crippen LogP contribution in [0.5, 0.6) is 11.5 Å². The maximum absolute atomic E-state index is 12.6. The van der Waals surface area contributed by atoms with E-state index in [4.69, 9.17) is 9.47 Å². The number of aromatic nitrogens is 4. The zero-order valence-electron chi connectivity index (χ0n) is 18.6. The summed E-state index contributed by atoms with van der Waals surface area (Å²) in [5.74, 6) is 2.88. The molecule has 0 radical (unpaired) electrons. The van der Waals surface area contributed by atoms with Crippen LogP contribution >= 0.6 is 11.8 Å². The SMILES string of the molecule is CCn1c(SCc2ccc(C(=O)NCc3ccc4c(c3)OCO4)cc2)nnc1-c1ccncc1. The number of hydrogen-bond donors (Lipinski definition) is 1. The highest BCUT2D eigenvalue weighted by Crippen LogP contribution is 2.32. The zero-order valence-corrected chi connectivity index (χ0v) is 19.4.